The standard InChI is InChI=1S/C18H13N5O/c24-17-9-12-22(15-7-4-10-19-13-15)21-18(17)16-8-11-20-23(16)14-5-2-1-3-6-14/h1-13H. The maximum Gasteiger partial charge on any atom is 0.209 e. The summed E-state index contributed by atoms with van der Waals surface area (Å²) < 4.78 is 3.34. The first-order valence-corrected chi connectivity index (χ1v) is 7.43. The number of hydrogen-bond acceptors (Lipinski definition) is 4. The highest BCUT2D eigenvalue weighted by Gasteiger charge is 2.13. The fraction of sp³-hybridized carbons (Fsp3) is 0. The number of para-hydroxylation sites is 1. The Morgan fingerprint density at radius 1 is 0.833 bits per heavy atom. The predicted molar refractivity (Wildman–Crippen MR) is 90.2 cm³/mol. The zero-order valence-corrected chi connectivity index (χ0v) is 12.6. The fourth-order valence-corrected chi connectivity index (χ4v) is 2.48. The van der Waals surface area contributed by atoms with E-state index in [2.05, 4.69) is 15.2 Å². The maximum atomic E-state index is 12.4. The molecule has 4 rings (SSSR count). The molecule has 0 bridgehead atoms. The molecule has 1 aromatic carbocycles. The van der Waals surface area contributed by atoms with Gasteiger partial charge in [-0.1, -0.05) is 18.2 Å². The molecule has 0 atom stereocenters. The van der Waals surface area contributed by atoms with Gasteiger partial charge < -0.3 is 0 Å². The lowest BCUT2D eigenvalue weighted by Crippen LogP contribution is -2.14. The first-order chi connectivity index (χ1) is 11.8. The average molecular weight is 315 g/mol. The van der Waals surface area contributed by atoms with Crippen molar-refractivity contribution >= 4 is 0 Å². The Labute approximate surface area is 137 Å². The second-order valence-electron chi connectivity index (χ2n) is 5.15. The third-order valence-corrected chi connectivity index (χ3v) is 3.60. The van der Waals surface area contributed by atoms with E-state index in [-0.39, 0.29) is 5.43 Å². The quantitative estimate of drug-likeness (QED) is 0.582. The van der Waals surface area contributed by atoms with Crippen LogP contribution < -0.4 is 5.43 Å². The van der Waals surface area contributed by atoms with Crippen LogP contribution >= 0.6 is 0 Å². The molecule has 0 aliphatic heterocycles. The van der Waals surface area contributed by atoms with Gasteiger partial charge in [-0.05, 0) is 30.3 Å². The highest BCUT2D eigenvalue weighted by atomic mass is 16.1. The normalized spacial score (nSPS) is 10.7. The van der Waals surface area contributed by atoms with Crippen LogP contribution in [0.1, 0.15) is 0 Å². The van der Waals surface area contributed by atoms with Crippen LogP contribution in [0, 0.1) is 0 Å². The van der Waals surface area contributed by atoms with Crippen LogP contribution in [0.15, 0.2) is 84.2 Å². The predicted octanol–water partition coefficient (Wildman–Crippen LogP) is 2.48. The van der Waals surface area contributed by atoms with Gasteiger partial charge in [-0.15, -0.1) is 0 Å². The Morgan fingerprint density at radius 3 is 2.46 bits per heavy atom. The summed E-state index contributed by atoms with van der Waals surface area (Å²) in [5, 5.41) is 8.80. The van der Waals surface area contributed by atoms with Crippen molar-refractivity contribution in [1.29, 1.82) is 0 Å². The molecule has 6 nitrogen and oxygen atoms in total. The third kappa shape index (κ3) is 2.50. The van der Waals surface area contributed by atoms with Crippen LogP contribution in [0.4, 0.5) is 0 Å². The van der Waals surface area contributed by atoms with Gasteiger partial charge in [0.1, 0.15) is 0 Å². The molecule has 24 heavy (non-hydrogen) atoms. The van der Waals surface area contributed by atoms with Crippen LogP contribution in [-0.2, 0) is 0 Å². The lowest BCUT2D eigenvalue weighted by molar-refractivity contribution is 0.819. The van der Waals surface area contributed by atoms with E-state index in [1.807, 2.05) is 42.5 Å². The SMILES string of the molecule is O=c1ccn(-c2cccnc2)nc1-c1ccnn1-c1ccccc1. The van der Waals surface area contributed by atoms with Crippen molar-refractivity contribution in [2.24, 2.45) is 0 Å². The molecule has 6 heteroatoms. The third-order valence-electron chi connectivity index (χ3n) is 3.60. The molecule has 0 aliphatic rings. The minimum atomic E-state index is -0.159. The van der Waals surface area contributed by atoms with E-state index in [9.17, 15) is 4.79 Å². The first-order valence-electron chi connectivity index (χ1n) is 7.43. The Kier molecular flexibility index (Phi) is 3.47. The highest BCUT2D eigenvalue weighted by molar-refractivity contribution is 5.57. The van der Waals surface area contributed by atoms with Gasteiger partial charge in [0.15, 0.2) is 5.69 Å². The van der Waals surface area contributed by atoms with E-state index in [1.165, 1.54) is 6.07 Å². The van der Waals surface area contributed by atoms with Crippen molar-refractivity contribution in [2.45, 2.75) is 0 Å². The van der Waals surface area contributed by atoms with Crippen molar-refractivity contribution in [3.05, 3.63) is 89.6 Å². The van der Waals surface area contributed by atoms with Gasteiger partial charge >= 0.3 is 0 Å². The summed E-state index contributed by atoms with van der Waals surface area (Å²) in [6.45, 7) is 0. The minimum Gasteiger partial charge on any atom is -0.287 e. The van der Waals surface area contributed by atoms with E-state index in [4.69, 9.17) is 0 Å². The van der Waals surface area contributed by atoms with Gasteiger partial charge in [0.2, 0.25) is 5.43 Å². The summed E-state index contributed by atoms with van der Waals surface area (Å²) >= 11 is 0. The molecular weight excluding hydrogens is 302 g/mol. The lowest BCUT2D eigenvalue weighted by atomic mass is 10.2. The second-order valence-corrected chi connectivity index (χ2v) is 5.15. The van der Waals surface area contributed by atoms with Crippen LogP contribution in [0.3, 0.4) is 0 Å². The summed E-state index contributed by atoms with van der Waals surface area (Å²) in [6, 6.07) is 16.6. The zero-order chi connectivity index (χ0) is 16.4. The average Bonchev–Trinajstić information content (AvgIpc) is 3.13. The topological polar surface area (TPSA) is 65.6 Å². The van der Waals surface area contributed by atoms with E-state index >= 15 is 0 Å². The molecule has 0 spiro atoms. The van der Waals surface area contributed by atoms with Crippen LogP contribution in [-0.4, -0.2) is 24.5 Å². The van der Waals surface area contributed by atoms with Crippen LogP contribution in [0.25, 0.3) is 22.8 Å². The monoisotopic (exact) mass is 315 g/mol. The largest absolute Gasteiger partial charge is 0.287 e. The lowest BCUT2D eigenvalue weighted by Gasteiger charge is -2.09. The van der Waals surface area contributed by atoms with Gasteiger partial charge in [-0.25, -0.2) is 9.36 Å². The van der Waals surface area contributed by atoms with Crippen LogP contribution in [0.5, 0.6) is 0 Å². The molecule has 0 radical (unpaired) electrons. The molecule has 116 valence electrons. The van der Waals surface area contributed by atoms with Crippen LogP contribution in [0.2, 0.25) is 0 Å². The van der Waals surface area contributed by atoms with Gasteiger partial charge in [-0.3, -0.25) is 9.78 Å². The molecule has 0 aliphatic carbocycles. The molecule has 0 amide bonds. The van der Waals surface area contributed by atoms with E-state index in [0.717, 1.165) is 11.4 Å². The summed E-state index contributed by atoms with van der Waals surface area (Å²) in [6.07, 6.45) is 6.67. The smallest absolute Gasteiger partial charge is 0.209 e. The molecule has 3 heterocycles. The molecule has 0 saturated carbocycles. The van der Waals surface area contributed by atoms with Crippen molar-refractivity contribution in [3.8, 4) is 22.8 Å². The van der Waals surface area contributed by atoms with Gasteiger partial charge in [-0.2, -0.15) is 10.2 Å². The summed E-state index contributed by atoms with van der Waals surface area (Å²) in [5.41, 5.74) is 2.47. The van der Waals surface area contributed by atoms with E-state index in [0.29, 0.717) is 11.4 Å². The summed E-state index contributed by atoms with van der Waals surface area (Å²) in [7, 11) is 0. The van der Waals surface area contributed by atoms with Crippen molar-refractivity contribution in [2.75, 3.05) is 0 Å². The second kappa shape index (κ2) is 5.92. The molecule has 0 saturated heterocycles. The summed E-state index contributed by atoms with van der Waals surface area (Å²) in [4.78, 5) is 16.4. The Balaban J connectivity index is 1.87. The number of aromatic nitrogens is 5. The number of rotatable bonds is 3. The number of nitrogens with zero attached hydrogens (tertiary/aromatic N) is 5. The maximum absolute atomic E-state index is 12.4. The molecule has 0 N–H and O–H groups in total. The Hall–Kier alpha value is -3.54. The number of hydrogen-bond donors (Lipinski definition) is 0. The summed E-state index contributed by atoms with van der Waals surface area (Å²) in [5.74, 6) is 0. The van der Waals surface area contributed by atoms with Gasteiger partial charge in [0, 0.05) is 18.5 Å². The zero-order valence-electron chi connectivity index (χ0n) is 12.6. The van der Waals surface area contributed by atoms with Crippen molar-refractivity contribution in [3.63, 3.8) is 0 Å². The molecule has 0 fully saturated rings. The van der Waals surface area contributed by atoms with Crippen molar-refractivity contribution < 1.29 is 0 Å². The fourth-order valence-electron chi connectivity index (χ4n) is 2.48. The highest BCUT2D eigenvalue weighted by Crippen LogP contribution is 2.18. The molecule has 0 unspecified atom stereocenters. The first kappa shape index (κ1) is 14.1. The van der Waals surface area contributed by atoms with Gasteiger partial charge in [0.25, 0.3) is 0 Å². The molecule has 4 aromatic rings. The number of benzene rings is 1. The number of pyridine rings is 1. The molecular formula is C18H13N5O. The van der Waals surface area contributed by atoms with E-state index < -0.39 is 0 Å². The Bertz CT molecular complexity index is 1020. The van der Waals surface area contributed by atoms with E-state index in [1.54, 1.807) is 40.2 Å². The Morgan fingerprint density at radius 2 is 1.67 bits per heavy atom. The molecule has 3 aromatic heterocycles. The van der Waals surface area contributed by atoms with Gasteiger partial charge in [0.05, 0.1) is 29.5 Å². The van der Waals surface area contributed by atoms with Crippen molar-refractivity contribution in [1.82, 2.24) is 24.5 Å². The minimum absolute atomic E-state index is 0.159.